The van der Waals surface area contributed by atoms with Crippen molar-refractivity contribution in [1.82, 2.24) is 4.90 Å². The molecule has 0 radical (unpaired) electrons. The quantitative estimate of drug-likeness (QED) is 0.0863. The summed E-state index contributed by atoms with van der Waals surface area (Å²) in [6.07, 6.45) is -7.20. The molecule has 0 aliphatic carbocycles. The van der Waals surface area contributed by atoms with Crippen molar-refractivity contribution in [2.75, 3.05) is 27.7 Å². The molecule has 4 unspecified atom stereocenters. The molecule has 2 saturated heterocycles. The first-order valence-corrected chi connectivity index (χ1v) is 15.8. The largest absolute Gasteiger partial charge is 0.457 e. The number of aliphatic hydroxyl groups excluding tert-OH is 2. The van der Waals surface area contributed by atoms with Crippen LogP contribution in [0.3, 0.4) is 0 Å². The number of methoxy groups -OCH3 is 1. The predicted molar refractivity (Wildman–Crippen MR) is 164 cm³/mol. The van der Waals surface area contributed by atoms with Gasteiger partial charge < -0.3 is 39.2 Å². The first-order valence-electron chi connectivity index (χ1n) is 15.8. The topological polar surface area (TPSA) is 201 Å². The van der Waals surface area contributed by atoms with Crippen LogP contribution in [0.25, 0.3) is 10.4 Å². The van der Waals surface area contributed by atoms with Crippen LogP contribution in [0.2, 0.25) is 0 Å². The standard InChI is InChI=1S/C31H53FN4O10/c1-16-15-29(5,43-10)26(46-27-23(38)20(36(8)9)14-17(2)44-27)19(4)24(39)30(6,32)28(41)45-21(12-11-13-34-35-33)31(7,42)25(40)18(3)22(16)37/h16-21,23,25-27,38,40,42H,11-15H2,1-10H3/t16-,17?,18+,19+,20?,21-,23?,25-,26-,27?,29-,30+,31-/m1/s1. The number of esters is 1. The molecule has 3 N–H and O–H groups in total. The van der Waals surface area contributed by atoms with Gasteiger partial charge in [0.15, 0.2) is 12.1 Å². The molecule has 2 rings (SSSR count). The highest BCUT2D eigenvalue weighted by molar-refractivity contribution is 6.07. The van der Waals surface area contributed by atoms with Gasteiger partial charge in [-0.2, -0.15) is 0 Å². The van der Waals surface area contributed by atoms with E-state index in [4.69, 9.17) is 24.5 Å². The van der Waals surface area contributed by atoms with Crippen LogP contribution in [0, 0.1) is 17.8 Å². The third-order valence-electron chi connectivity index (χ3n) is 9.75. The molecule has 2 aliphatic rings. The summed E-state index contributed by atoms with van der Waals surface area (Å²) < 4.78 is 40.0. The van der Waals surface area contributed by atoms with E-state index in [0.717, 1.165) is 13.8 Å². The first-order chi connectivity index (χ1) is 21.2. The number of hydrogen-bond acceptors (Lipinski definition) is 12. The molecular formula is C31H53FN4O10. The van der Waals surface area contributed by atoms with Crippen molar-refractivity contribution < 1.29 is 53.0 Å². The van der Waals surface area contributed by atoms with Gasteiger partial charge in [0.05, 0.1) is 23.9 Å². The lowest BCUT2D eigenvalue weighted by atomic mass is 9.74. The number of cyclic esters (lactones) is 1. The molecule has 2 aliphatic heterocycles. The Kier molecular flexibility index (Phi) is 13.7. The van der Waals surface area contributed by atoms with E-state index in [2.05, 4.69) is 10.0 Å². The molecule has 264 valence electrons. The minimum absolute atomic E-state index is 0.0535. The molecule has 46 heavy (non-hydrogen) atoms. The SMILES string of the molecule is CO[C@]1(C)C[C@@H](C)C(=O)[C@H](C)[C@@H](O)[C@](C)(O)[C@@H](CCCN=[N+]=[N-])OC(=O)[C@@](C)(F)C(=O)[C@H](C)[C@H]1OC1OC(C)CC(N(C)C)C1O. The van der Waals surface area contributed by atoms with Crippen LogP contribution in [0.5, 0.6) is 0 Å². The van der Waals surface area contributed by atoms with Crippen molar-refractivity contribution in [1.29, 1.82) is 0 Å². The number of rotatable bonds is 8. The van der Waals surface area contributed by atoms with E-state index in [0.29, 0.717) is 6.42 Å². The van der Waals surface area contributed by atoms with E-state index >= 15 is 4.39 Å². The fourth-order valence-corrected chi connectivity index (χ4v) is 6.68. The number of carbonyl (C=O) groups is 3. The van der Waals surface area contributed by atoms with Crippen LogP contribution in [0.1, 0.15) is 74.1 Å². The summed E-state index contributed by atoms with van der Waals surface area (Å²) in [5.74, 6) is -6.75. The zero-order valence-corrected chi connectivity index (χ0v) is 28.7. The Balaban J connectivity index is 2.67. The minimum atomic E-state index is -3.26. The van der Waals surface area contributed by atoms with E-state index in [1.165, 1.54) is 21.0 Å². The summed E-state index contributed by atoms with van der Waals surface area (Å²) in [5, 5.41) is 37.3. The van der Waals surface area contributed by atoms with Gasteiger partial charge in [-0.3, -0.25) is 9.59 Å². The smallest absolute Gasteiger partial charge is 0.351 e. The van der Waals surface area contributed by atoms with Crippen molar-refractivity contribution in [3.8, 4) is 0 Å². The van der Waals surface area contributed by atoms with E-state index in [-0.39, 0.29) is 38.0 Å². The summed E-state index contributed by atoms with van der Waals surface area (Å²) in [6, 6.07) is -0.375. The Morgan fingerprint density at radius 1 is 1.11 bits per heavy atom. The number of azide groups is 1. The number of likely N-dealkylation sites (N-methyl/N-ethyl adjacent to an activating group) is 1. The van der Waals surface area contributed by atoms with Gasteiger partial charge in [0, 0.05) is 42.4 Å². The van der Waals surface area contributed by atoms with Gasteiger partial charge in [0.2, 0.25) is 0 Å². The lowest BCUT2D eigenvalue weighted by Crippen LogP contribution is -2.61. The van der Waals surface area contributed by atoms with Gasteiger partial charge in [0.25, 0.3) is 5.67 Å². The number of carbonyl (C=O) groups excluding carboxylic acids is 3. The highest BCUT2D eigenvalue weighted by atomic mass is 19.1. The molecule has 14 nitrogen and oxygen atoms in total. The van der Waals surface area contributed by atoms with Gasteiger partial charge in [-0.1, -0.05) is 25.9 Å². The van der Waals surface area contributed by atoms with Gasteiger partial charge in [-0.05, 0) is 73.0 Å². The maximum Gasteiger partial charge on any atom is 0.351 e. The highest BCUT2D eigenvalue weighted by Gasteiger charge is 2.56. The van der Waals surface area contributed by atoms with Crippen molar-refractivity contribution in [2.45, 2.75) is 134 Å². The lowest BCUT2D eigenvalue weighted by molar-refractivity contribution is -0.295. The van der Waals surface area contributed by atoms with Crippen LogP contribution in [0.15, 0.2) is 5.11 Å². The molecule has 2 fully saturated rings. The molecule has 0 saturated carbocycles. The Hall–Kier alpha value is -2.23. The number of ether oxygens (including phenoxy) is 4. The van der Waals surface area contributed by atoms with Gasteiger partial charge in [-0.15, -0.1) is 0 Å². The number of halogens is 1. The third-order valence-corrected chi connectivity index (χ3v) is 9.75. The average Bonchev–Trinajstić information content (AvgIpc) is 2.99. The highest BCUT2D eigenvalue weighted by Crippen LogP contribution is 2.39. The summed E-state index contributed by atoms with van der Waals surface area (Å²) in [7, 11) is 4.92. The molecule has 0 aromatic heterocycles. The van der Waals surface area contributed by atoms with Crippen LogP contribution in [-0.4, -0.2) is 125 Å². The van der Waals surface area contributed by atoms with Crippen LogP contribution in [0.4, 0.5) is 4.39 Å². The number of Topliss-reactive ketones (excluding diaryl/α,β-unsaturated/α-hetero) is 2. The second-order valence-electron chi connectivity index (χ2n) is 13.8. The number of alkyl halides is 1. The van der Waals surface area contributed by atoms with E-state index in [1.54, 1.807) is 34.9 Å². The first kappa shape index (κ1) is 39.9. The fourth-order valence-electron chi connectivity index (χ4n) is 6.68. The Labute approximate surface area is 270 Å². The summed E-state index contributed by atoms with van der Waals surface area (Å²) >= 11 is 0. The number of ketones is 2. The maximum atomic E-state index is 16.4. The number of aliphatic hydroxyl groups is 3. The van der Waals surface area contributed by atoms with Crippen molar-refractivity contribution in [3.63, 3.8) is 0 Å². The van der Waals surface area contributed by atoms with Crippen molar-refractivity contribution in [2.24, 2.45) is 22.9 Å². The van der Waals surface area contributed by atoms with Crippen molar-refractivity contribution in [3.05, 3.63) is 10.4 Å². The fraction of sp³-hybridized carbons (Fsp3) is 0.903. The second kappa shape index (κ2) is 15.8. The summed E-state index contributed by atoms with van der Waals surface area (Å²) in [6.45, 7) is 9.59. The Bertz CT molecular complexity index is 1130. The third kappa shape index (κ3) is 8.62. The van der Waals surface area contributed by atoms with Gasteiger partial charge >= 0.3 is 5.97 Å². The maximum absolute atomic E-state index is 16.4. The average molecular weight is 661 g/mol. The molecule has 0 amide bonds. The Morgan fingerprint density at radius 3 is 2.26 bits per heavy atom. The molecule has 0 spiro atoms. The monoisotopic (exact) mass is 660 g/mol. The zero-order chi connectivity index (χ0) is 35.4. The molecule has 2 heterocycles. The van der Waals surface area contributed by atoms with Crippen LogP contribution < -0.4 is 0 Å². The zero-order valence-electron chi connectivity index (χ0n) is 28.7. The molecule has 0 aromatic carbocycles. The lowest BCUT2D eigenvalue weighted by Gasteiger charge is -2.47. The van der Waals surface area contributed by atoms with E-state index in [9.17, 15) is 29.7 Å². The molecule has 13 atom stereocenters. The molecular weight excluding hydrogens is 607 g/mol. The molecule has 0 bridgehead atoms. The number of hydrogen-bond donors (Lipinski definition) is 3. The molecule has 0 aromatic rings. The molecule has 15 heteroatoms. The van der Waals surface area contributed by atoms with Crippen LogP contribution in [-0.2, 0) is 33.3 Å². The van der Waals surface area contributed by atoms with Gasteiger partial charge in [-0.25, -0.2) is 9.18 Å². The summed E-state index contributed by atoms with van der Waals surface area (Å²) in [5.41, 5.74) is 1.61. The summed E-state index contributed by atoms with van der Waals surface area (Å²) in [4.78, 5) is 45.5. The minimum Gasteiger partial charge on any atom is -0.457 e. The second-order valence-corrected chi connectivity index (χ2v) is 13.8. The van der Waals surface area contributed by atoms with Gasteiger partial charge in [0.1, 0.15) is 23.6 Å². The number of nitrogens with zero attached hydrogens (tertiary/aromatic N) is 4. The van der Waals surface area contributed by atoms with E-state index in [1.807, 2.05) is 4.90 Å². The predicted octanol–water partition coefficient (Wildman–Crippen LogP) is 2.50. The normalized spacial score (nSPS) is 43.5. The van der Waals surface area contributed by atoms with Crippen molar-refractivity contribution >= 4 is 17.5 Å². The Morgan fingerprint density at radius 2 is 1.72 bits per heavy atom. The van der Waals surface area contributed by atoms with E-state index < -0.39 is 82.9 Å². The van der Waals surface area contributed by atoms with Crippen LogP contribution >= 0.6 is 0 Å².